The number of halogens is 2. The largest absolute Gasteiger partial charge is 0.481 e. The molecule has 0 radical (unpaired) electrons. The van der Waals surface area contributed by atoms with Gasteiger partial charge in [0.05, 0.1) is 11.7 Å². The van der Waals surface area contributed by atoms with Crippen LogP contribution in [0.4, 0.5) is 8.78 Å². The molecule has 0 aromatic rings. The van der Waals surface area contributed by atoms with Crippen LogP contribution in [-0.2, 0) is 14.8 Å². The number of carboxylic acids is 1. The van der Waals surface area contributed by atoms with E-state index in [4.69, 9.17) is 5.11 Å². The van der Waals surface area contributed by atoms with Gasteiger partial charge in [-0.1, -0.05) is 0 Å². The molecule has 1 aliphatic heterocycles. The number of aliphatic carboxylic acids is 1. The van der Waals surface area contributed by atoms with Crippen molar-refractivity contribution in [3.8, 4) is 0 Å². The van der Waals surface area contributed by atoms with Crippen LogP contribution >= 0.6 is 0 Å². The summed E-state index contributed by atoms with van der Waals surface area (Å²) >= 11 is 0. The van der Waals surface area contributed by atoms with Gasteiger partial charge in [0.1, 0.15) is 0 Å². The van der Waals surface area contributed by atoms with E-state index in [9.17, 15) is 22.0 Å². The van der Waals surface area contributed by atoms with Crippen molar-refractivity contribution < 1.29 is 27.1 Å². The van der Waals surface area contributed by atoms with E-state index in [2.05, 4.69) is 0 Å². The Labute approximate surface area is 117 Å². The Morgan fingerprint density at radius 3 is 2.30 bits per heavy atom. The van der Waals surface area contributed by atoms with Gasteiger partial charge in [0.15, 0.2) is 0 Å². The minimum Gasteiger partial charge on any atom is -0.481 e. The van der Waals surface area contributed by atoms with Gasteiger partial charge in [0.25, 0.3) is 5.92 Å². The number of alkyl halides is 2. The van der Waals surface area contributed by atoms with Crippen molar-refractivity contribution in [3.63, 3.8) is 0 Å². The molecule has 1 saturated carbocycles. The first kappa shape index (κ1) is 15.6. The summed E-state index contributed by atoms with van der Waals surface area (Å²) in [6.45, 7) is 0.217. The predicted molar refractivity (Wildman–Crippen MR) is 68.0 cm³/mol. The predicted octanol–water partition coefficient (Wildman–Crippen LogP) is 1.55. The molecule has 0 spiro atoms. The Morgan fingerprint density at radius 2 is 1.85 bits per heavy atom. The molecule has 1 atom stereocenters. The lowest BCUT2D eigenvalue weighted by Crippen LogP contribution is -2.43. The Balaban J connectivity index is 1.96. The highest BCUT2D eigenvalue weighted by Crippen LogP contribution is 2.41. The maximum Gasteiger partial charge on any atom is 0.306 e. The molecule has 20 heavy (non-hydrogen) atoms. The average molecular weight is 311 g/mol. The Hall–Kier alpha value is -0.760. The first-order chi connectivity index (χ1) is 9.22. The highest BCUT2D eigenvalue weighted by Gasteiger charge is 2.46. The number of rotatable bonds is 4. The number of piperidine rings is 1. The van der Waals surface area contributed by atoms with Gasteiger partial charge in [-0.05, 0) is 25.7 Å². The fourth-order valence-corrected chi connectivity index (χ4v) is 4.84. The third kappa shape index (κ3) is 3.28. The molecule has 2 rings (SSSR count). The van der Waals surface area contributed by atoms with Gasteiger partial charge >= 0.3 is 5.97 Å². The lowest BCUT2D eigenvalue weighted by molar-refractivity contribution is -0.142. The van der Waals surface area contributed by atoms with Crippen molar-refractivity contribution in [3.05, 3.63) is 0 Å². The van der Waals surface area contributed by atoms with Crippen LogP contribution in [-0.4, -0.2) is 48.6 Å². The van der Waals surface area contributed by atoms with Crippen LogP contribution in [0, 0.1) is 11.8 Å². The molecule has 0 amide bonds. The van der Waals surface area contributed by atoms with E-state index in [-0.39, 0.29) is 38.8 Å². The first-order valence-electron chi connectivity index (χ1n) is 6.81. The van der Waals surface area contributed by atoms with Crippen LogP contribution in [0.1, 0.15) is 32.1 Å². The van der Waals surface area contributed by atoms with Crippen LogP contribution in [0.2, 0.25) is 0 Å². The fourth-order valence-electron chi connectivity index (χ4n) is 2.95. The Morgan fingerprint density at radius 1 is 1.25 bits per heavy atom. The van der Waals surface area contributed by atoms with Crippen LogP contribution in [0.5, 0.6) is 0 Å². The smallest absolute Gasteiger partial charge is 0.306 e. The molecule has 1 heterocycles. The van der Waals surface area contributed by atoms with Gasteiger partial charge in [0, 0.05) is 25.4 Å². The summed E-state index contributed by atoms with van der Waals surface area (Å²) in [4.78, 5) is 10.8. The van der Waals surface area contributed by atoms with Crippen molar-refractivity contribution in [1.82, 2.24) is 4.31 Å². The van der Waals surface area contributed by atoms with Gasteiger partial charge in [-0.3, -0.25) is 4.79 Å². The fraction of sp³-hybridized carbons (Fsp3) is 0.917. The summed E-state index contributed by atoms with van der Waals surface area (Å²) in [6.07, 6.45) is 0.839. The Kier molecular flexibility index (Phi) is 4.34. The number of sulfonamides is 1. The first-order valence-corrected chi connectivity index (χ1v) is 8.42. The second-order valence-corrected chi connectivity index (χ2v) is 7.65. The van der Waals surface area contributed by atoms with Crippen molar-refractivity contribution >= 4 is 16.0 Å². The van der Waals surface area contributed by atoms with Crippen molar-refractivity contribution in [2.24, 2.45) is 11.8 Å². The summed E-state index contributed by atoms with van der Waals surface area (Å²) in [7, 11) is -3.73. The van der Waals surface area contributed by atoms with Crippen LogP contribution < -0.4 is 0 Å². The maximum absolute atomic E-state index is 13.5. The number of hydrogen-bond donors (Lipinski definition) is 1. The molecule has 1 N–H and O–H groups in total. The van der Waals surface area contributed by atoms with E-state index in [1.807, 2.05) is 0 Å². The van der Waals surface area contributed by atoms with Gasteiger partial charge in [-0.2, -0.15) is 0 Å². The molecule has 1 unspecified atom stereocenters. The molecule has 1 saturated heterocycles. The zero-order chi connectivity index (χ0) is 15.0. The molecule has 0 aromatic carbocycles. The second-order valence-electron chi connectivity index (χ2n) is 5.64. The van der Waals surface area contributed by atoms with Crippen LogP contribution in [0.3, 0.4) is 0 Å². The molecule has 2 fully saturated rings. The molecule has 5 nitrogen and oxygen atoms in total. The molecular formula is C12H19F2NO4S. The zero-order valence-electron chi connectivity index (χ0n) is 11.1. The normalized spacial score (nSPS) is 28.6. The minimum absolute atomic E-state index is 0.109. The zero-order valence-corrected chi connectivity index (χ0v) is 11.9. The summed E-state index contributed by atoms with van der Waals surface area (Å²) in [5.74, 6) is -5.99. The highest BCUT2D eigenvalue weighted by atomic mass is 32.2. The minimum atomic E-state index is -3.73. The van der Waals surface area contributed by atoms with Crippen molar-refractivity contribution in [2.75, 3.05) is 18.8 Å². The van der Waals surface area contributed by atoms with E-state index < -0.39 is 39.5 Å². The second kappa shape index (κ2) is 5.55. The van der Waals surface area contributed by atoms with E-state index >= 15 is 0 Å². The third-order valence-electron chi connectivity index (χ3n) is 4.27. The molecule has 0 aromatic heterocycles. The lowest BCUT2D eigenvalue weighted by atomic mass is 9.99. The summed E-state index contributed by atoms with van der Waals surface area (Å²) < 4.78 is 52.5. The number of nitrogens with zero attached hydrogens (tertiary/aromatic N) is 1. The summed E-state index contributed by atoms with van der Waals surface area (Å²) in [6, 6.07) is 0. The van der Waals surface area contributed by atoms with Crippen molar-refractivity contribution in [1.29, 1.82) is 0 Å². The maximum atomic E-state index is 13.5. The molecular weight excluding hydrogens is 292 g/mol. The summed E-state index contributed by atoms with van der Waals surface area (Å²) in [5, 5.41) is 8.86. The monoisotopic (exact) mass is 311 g/mol. The molecule has 1 aliphatic carbocycles. The number of carboxylic acid groups (broad SMARTS) is 1. The third-order valence-corrected chi connectivity index (χ3v) is 6.24. The molecule has 116 valence electrons. The van der Waals surface area contributed by atoms with Gasteiger partial charge in [-0.25, -0.2) is 21.5 Å². The topological polar surface area (TPSA) is 74.7 Å². The van der Waals surface area contributed by atoms with E-state index in [1.165, 1.54) is 4.31 Å². The Bertz CT molecular complexity index is 472. The lowest BCUT2D eigenvalue weighted by Gasteiger charge is -2.30. The van der Waals surface area contributed by atoms with E-state index in [0.717, 1.165) is 0 Å². The van der Waals surface area contributed by atoms with E-state index in [1.54, 1.807) is 0 Å². The van der Waals surface area contributed by atoms with Crippen LogP contribution in [0.25, 0.3) is 0 Å². The average Bonchev–Trinajstić information content (AvgIpc) is 2.68. The van der Waals surface area contributed by atoms with Gasteiger partial charge < -0.3 is 5.11 Å². The van der Waals surface area contributed by atoms with E-state index in [0.29, 0.717) is 6.42 Å². The van der Waals surface area contributed by atoms with Crippen molar-refractivity contribution in [2.45, 2.75) is 38.0 Å². The van der Waals surface area contributed by atoms with Gasteiger partial charge in [0.2, 0.25) is 10.0 Å². The molecule has 0 bridgehead atoms. The number of carbonyl (C=O) groups is 1. The van der Waals surface area contributed by atoms with Gasteiger partial charge in [-0.15, -0.1) is 0 Å². The highest BCUT2D eigenvalue weighted by molar-refractivity contribution is 7.89. The summed E-state index contributed by atoms with van der Waals surface area (Å²) in [5.41, 5.74) is 0. The molecule has 2 aliphatic rings. The number of hydrogen-bond acceptors (Lipinski definition) is 3. The molecule has 8 heteroatoms. The standard InChI is InChI=1S/C12H19F2NO4S/c13-12(14)5-1-2-10(12)8-20(18,19)15-6-3-9(4-7-15)11(16)17/h9-10H,1-8H2,(H,16,17). The SMILES string of the molecule is O=C(O)C1CCN(S(=O)(=O)CC2CCCC2(F)F)CC1. The quantitative estimate of drug-likeness (QED) is 0.855. The van der Waals surface area contributed by atoms with Crippen LogP contribution in [0.15, 0.2) is 0 Å².